The Labute approximate surface area is 101 Å². The van der Waals surface area contributed by atoms with Crippen LogP contribution in [0.3, 0.4) is 0 Å². The van der Waals surface area contributed by atoms with E-state index >= 15 is 0 Å². The van der Waals surface area contributed by atoms with E-state index in [1.54, 1.807) is 14.1 Å². The zero-order chi connectivity index (χ0) is 12.9. The van der Waals surface area contributed by atoms with Crippen molar-refractivity contribution < 1.29 is 14.3 Å². The van der Waals surface area contributed by atoms with Gasteiger partial charge >= 0.3 is 0 Å². The van der Waals surface area contributed by atoms with E-state index in [2.05, 4.69) is 5.32 Å². The summed E-state index contributed by atoms with van der Waals surface area (Å²) in [5.41, 5.74) is 5.16. The topological polar surface area (TPSA) is 84.7 Å². The number of nitrogens with zero attached hydrogens (tertiary/aromatic N) is 1. The summed E-state index contributed by atoms with van der Waals surface area (Å²) >= 11 is 0. The molecule has 0 bridgehead atoms. The Bertz CT molecular complexity index is 286. The predicted octanol–water partition coefficient (Wildman–Crippen LogP) is -0.911. The number of rotatable bonds is 4. The van der Waals surface area contributed by atoms with Crippen LogP contribution in [0.15, 0.2) is 0 Å². The molecule has 6 heteroatoms. The Balaban J connectivity index is 2.31. The van der Waals surface area contributed by atoms with Gasteiger partial charge in [-0.1, -0.05) is 0 Å². The molecule has 0 aromatic heterocycles. The van der Waals surface area contributed by atoms with Crippen LogP contribution in [0.5, 0.6) is 0 Å². The second-order valence-corrected chi connectivity index (χ2v) is 4.56. The number of nitrogens with one attached hydrogen (secondary N) is 1. The van der Waals surface area contributed by atoms with Crippen LogP contribution in [0.2, 0.25) is 0 Å². The second-order valence-electron chi connectivity index (χ2n) is 4.56. The maximum atomic E-state index is 11.9. The standard InChI is InChI=1S/C11H21N3O3/c1-14(2)9(15)3-6-13-10(16)11(12)4-7-17-8-5-11/h3-8,12H2,1-2H3,(H,13,16). The molecule has 1 aliphatic rings. The van der Waals surface area contributed by atoms with E-state index in [0.29, 0.717) is 39.0 Å². The van der Waals surface area contributed by atoms with Crippen molar-refractivity contribution in [2.75, 3.05) is 33.9 Å². The van der Waals surface area contributed by atoms with Gasteiger partial charge in [0, 0.05) is 40.3 Å². The molecule has 0 aromatic carbocycles. The highest BCUT2D eigenvalue weighted by Crippen LogP contribution is 2.17. The SMILES string of the molecule is CN(C)C(=O)CCNC(=O)C1(N)CCOCC1. The number of amides is 2. The molecule has 0 radical (unpaired) electrons. The molecule has 6 nitrogen and oxygen atoms in total. The summed E-state index contributed by atoms with van der Waals surface area (Å²) in [5, 5.41) is 2.71. The van der Waals surface area contributed by atoms with Gasteiger partial charge in [0.2, 0.25) is 11.8 Å². The molecule has 17 heavy (non-hydrogen) atoms. The molecule has 0 aromatic rings. The van der Waals surface area contributed by atoms with Crippen LogP contribution >= 0.6 is 0 Å². The fourth-order valence-electron chi connectivity index (χ4n) is 1.65. The molecule has 1 rings (SSSR count). The predicted molar refractivity (Wildman–Crippen MR) is 63.3 cm³/mol. The molecule has 1 aliphatic heterocycles. The molecular formula is C11H21N3O3. The maximum Gasteiger partial charge on any atom is 0.240 e. The molecule has 98 valence electrons. The monoisotopic (exact) mass is 243 g/mol. The maximum absolute atomic E-state index is 11.9. The van der Waals surface area contributed by atoms with Crippen LogP contribution in [0.25, 0.3) is 0 Å². The van der Waals surface area contributed by atoms with Crippen molar-refractivity contribution in [2.45, 2.75) is 24.8 Å². The van der Waals surface area contributed by atoms with E-state index < -0.39 is 5.54 Å². The van der Waals surface area contributed by atoms with Crippen molar-refractivity contribution in [3.8, 4) is 0 Å². The van der Waals surface area contributed by atoms with E-state index in [-0.39, 0.29) is 11.8 Å². The molecule has 0 atom stereocenters. The number of carbonyl (C=O) groups excluding carboxylic acids is 2. The number of ether oxygens (including phenoxy) is 1. The smallest absolute Gasteiger partial charge is 0.240 e. The summed E-state index contributed by atoms with van der Waals surface area (Å²) in [4.78, 5) is 24.7. The van der Waals surface area contributed by atoms with Crippen molar-refractivity contribution >= 4 is 11.8 Å². The first kappa shape index (κ1) is 13.9. The molecule has 1 saturated heterocycles. The molecule has 1 fully saturated rings. The lowest BCUT2D eigenvalue weighted by Crippen LogP contribution is -2.57. The van der Waals surface area contributed by atoms with E-state index in [4.69, 9.17) is 10.5 Å². The Hall–Kier alpha value is -1.14. The minimum atomic E-state index is -0.834. The van der Waals surface area contributed by atoms with Gasteiger partial charge in [-0.25, -0.2) is 0 Å². The molecule has 0 saturated carbocycles. The Kier molecular flexibility index (Phi) is 4.89. The summed E-state index contributed by atoms with van der Waals surface area (Å²) in [6.07, 6.45) is 1.35. The molecular weight excluding hydrogens is 222 g/mol. The van der Waals surface area contributed by atoms with Crippen molar-refractivity contribution in [3.63, 3.8) is 0 Å². The highest BCUT2D eigenvalue weighted by Gasteiger charge is 2.35. The number of hydrogen-bond donors (Lipinski definition) is 2. The zero-order valence-electron chi connectivity index (χ0n) is 10.5. The van der Waals surface area contributed by atoms with Crippen LogP contribution in [-0.4, -0.2) is 56.1 Å². The molecule has 0 aliphatic carbocycles. The minimum Gasteiger partial charge on any atom is -0.381 e. The fraction of sp³-hybridized carbons (Fsp3) is 0.818. The number of hydrogen-bond acceptors (Lipinski definition) is 4. The first-order chi connectivity index (χ1) is 7.96. The van der Waals surface area contributed by atoms with Crippen molar-refractivity contribution in [3.05, 3.63) is 0 Å². The minimum absolute atomic E-state index is 0.0108. The van der Waals surface area contributed by atoms with E-state index in [1.807, 2.05) is 0 Å². The lowest BCUT2D eigenvalue weighted by molar-refractivity contribution is -0.130. The highest BCUT2D eigenvalue weighted by molar-refractivity contribution is 5.86. The van der Waals surface area contributed by atoms with Crippen LogP contribution in [-0.2, 0) is 14.3 Å². The summed E-state index contributed by atoms with van der Waals surface area (Å²) in [5.74, 6) is -0.198. The van der Waals surface area contributed by atoms with Crippen molar-refractivity contribution in [1.29, 1.82) is 0 Å². The number of nitrogens with two attached hydrogens (primary N) is 1. The van der Waals surface area contributed by atoms with Crippen LogP contribution < -0.4 is 11.1 Å². The van der Waals surface area contributed by atoms with Gasteiger partial charge in [-0.2, -0.15) is 0 Å². The fourth-order valence-corrected chi connectivity index (χ4v) is 1.65. The Morgan fingerprint density at radius 2 is 1.94 bits per heavy atom. The van der Waals surface area contributed by atoms with Crippen LogP contribution in [0.4, 0.5) is 0 Å². The van der Waals surface area contributed by atoms with Gasteiger partial charge in [-0.05, 0) is 12.8 Å². The van der Waals surface area contributed by atoms with E-state index in [9.17, 15) is 9.59 Å². The van der Waals surface area contributed by atoms with Crippen molar-refractivity contribution in [1.82, 2.24) is 10.2 Å². The van der Waals surface area contributed by atoms with Crippen LogP contribution in [0, 0.1) is 0 Å². The highest BCUT2D eigenvalue weighted by atomic mass is 16.5. The van der Waals surface area contributed by atoms with E-state index in [0.717, 1.165) is 0 Å². The van der Waals surface area contributed by atoms with Gasteiger partial charge in [0.05, 0.1) is 5.54 Å². The van der Waals surface area contributed by atoms with Crippen molar-refractivity contribution in [2.24, 2.45) is 5.73 Å². The summed E-state index contributed by atoms with van der Waals surface area (Å²) in [6.45, 7) is 1.36. The first-order valence-electron chi connectivity index (χ1n) is 5.81. The van der Waals surface area contributed by atoms with Gasteiger partial charge in [0.1, 0.15) is 0 Å². The third kappa shape index (κ3) is 3.98. The number of carbonyl (C=O) groups is 2. The molecule has 2 amide bonds. The average Bonchev–Trinajstić information content (AvgIpc) is 2.29. The van der Waals surface area contributed by atoms with Gasteiger partial charge in [-0.3, -0.25) is 9.59 Å². The summed E-state index contributed by atoms with van der Waals surface area (Å²) < 4.78 is 5.17. The van der Waals surface area contributed by atoms with E-state index in [1.165, 1.54) is 4.90 Å². The molecule has 3 N–H and O–H groups in total. The van der Waals surface area contributed by atoms with Gasteiger partial charge in [0.25, 0.3) is 0 Å². The lowest BCUT2D eigenvalue weighted by atomic mass is 9.90. The Morgan fingerprint density at radius 3 is 2.47 bits per heavy atom. The summed E-state index contributed by atoms with van der Waals surface area (Å²) in [6, 6.07) is 0. The first-order valence-corrected chi connectivity index (χ1v) is 5.81. The van der Waals surface area contributed by atoms with Gasteiger partial charge in [-0.15, -0.1) is 0 Å². The van der Waals surface area contributed by atoms with Gasteiger partial charge < -0.3 is 20.7 Å². The Morgan fingerprint density at radius 1 is 1.35 bits per heavy atom. The third-order valence-electron chi connectivity index (χ3n) is 2.96. The molecule has 1 heterocycles. The normalized spacial score (nSPS) is 18.5. The summed E-state index contributed by atoms with van der Waals surface area (Å²) in [7, 11) is 3.38. The second kappa shape index (κ2) is 5.97. The van der Waals surface area contributed by atoms with Crippen LogP contribution in [0.1, 0.15) is 19.3 Å². The zero-order valence-corrected chi connectivity index (χ0v) is 10.5. The molecule has 0 spiro atoms. The lowest BCUT2D eigenvalue weighted by Gasteiger charge is -2.31. The third-order valence-corrected chi connectivity index (χ3v) is 2.96. The molecule has 0 unspecified atom stereocenters. The van der Waals surface area contributed by atoms with Gasteiger partial charge in [0.15, 0.2) is 0 Å². The quantitative estimate of drug-likeness (QED) is 0.669. The largest absolute Gasteiger partial charge is 0.381 e. The average molecular weight is 243 g/mol.